The second-order valence-electron chi connectivity index (χ2n) is 4.91. The molecule has 1 aromatic rings. The lowest BCUT2D eigenvalue weighted by Gasteiger charge is -2.35. The van der Waals surface area contributed by atoms with Gasteiger partial charge in [-0.15, -0.1) is 13.2 Å². The van der Waals surface area contributed by atoms with E-state index < -0.39 is 18.5 Å². The molecule has 0 saturated carbocycles. The lowest BCUT2D eigenvalue weighted by atomic mass is 9.52. The van der Waals surface area contributed by atoms with Gasteiger partial charge in [-0.1, -0.05) is 38.3 Å². The standard InChI is InChI=1S/C12H22BNO3.C3H4N2/c1-4-7-8-9-12(6-3,13(16)17)11(5-2)14-10-15;1-2-5-3-4-1/h5-6,10-11,16-17H,2-4,7-9H2,1H3,(H,14,15);1-3H,(H,4,5). The molecule has 122 valence electrons. The van der Waals surface area contributed by atoms with Crippen LogP contribution in [0.25, 0.3) is 0 Å². The minimum absolute atomic E-state index is 0.533. The maximum atomic E-state index is 10.5. The number of carbonyl (C=O) groups excluding carboxylic acids is 1. The minimum atomic E-state index is -1.58. The highest BCUT2D eigenvalue weighted by molar-refractivity contribution is 6.47. The summed E-state index contributed by atoms with van der Waals surface area (Å²) in [6, 6.07) is -0.533. The summed E-state index contributed by atoms with van der Waals surface area (Å²) in [4.78, 5) is 16.9. The summed E-state index contributed by atoms with van der Waals surface area (Å²) < 4.78 is 0. The molecule has 1 amide bonds. The fourth-order valence-corrected chi connectivity index (χ4v) is 2.19. The van der Waals surface area contributed by atoms with Crippen molar-refractivity contribution in [2.24, 2.45) is 0 Å². The van der Waals surface area contributed by atoms with E-state index in [1.807, 2.05) is 0 Å². The Labute approximate surface area is 132 Å². The number of hydrogen-bond acceptors (Lipinski definition) is 4. The highest BCUT2D eigenvalue weighted by atomic mass is 16.4. The number of hydrogen-bond donors (Lipinski definition) is 4. The molecule has 22 heavy (non-hydrogen) atoms. The second kappa shape index (κ2) is 11.8. The van der Waals surface area contributed by atoms with Crippen molar-refractivity contribution in [2.75, 3.05) is 0 Å². The molecule has 0 aromatic carbocycles. The number of aromatic amines is 1. The first-order valence-electron chi connectivity index (χ1n) is 7.33. The summed E-state index contributed by atoms with van der Waals surface area (Å²) in [6.45, 7) is 9.34. The van der Waals surface area contributed by atoms with E-state index in [0.717, 1.165) is 19.3 Å². The summed E-state index contributed by atoms with van der Waals surface area (Å²) in [6.07, 6.45) is 12.0. The predicted octanol–water partition coefficient (Wildman–Crippen LogP) is 1.68. The van der Waals surface area contributed by atoms with Crippen LogP contribution in [-0.4, -0.2) is 39.6 Å². The van der Waals surface area contributed by atoms with Crippen LogP contribution in [0, 0.1) is 0 Å². The van der Waals surface area contributed by atoms with E-state index in [1.165, 1.54) is 12.2 Å². The Balaban J connectivity index is 0.000000734. The van der Waals surface area contributed by atoms with Crippen molar-refractivity contribution in [1.82, 2.24) is 15.3 Å². The summed E-state index contributed by atoms with van der Waals surface area (Å²) in [5.74, 6) is 0. The fourth-order valence-electron chi connectivity index (χ4n) is 2.19. The van der Waals surface area contributed by atoms with Gasteiger partial charge in [0.15, 0.2) is 0 Å². The van der Waals surface area contributed by atoms with E-state index in [4.69, 9.17) is 0 Å². The number of nitrogens with zero attached hydrogens (tertiary/aromatic N) is 1. The van der Waals surface area contributed by atoms with Crippen molar-refractivity contribution in [3.63, 3.8) is 0 Å². The molecule has 0 radical (unpaired) electrons. The van der Waals surface area contributed by atoms with E-state index in [1.54, 1.807) is 18.7 Å². The molecule has 0 saturated heterocycles. The van der Waals surface area contributed by atoms with E-state index in [2.05, 4.69) is 35.4 Å². The molecule has 1 rings (SSSR count). The molecule has 4 N–H and O–H groups in total. The van der Waals surface area contributed by atoms with Gasteiger partial charge in [0.2, 0.25) is 6.41 Å². The van der Waals surface area contributed by atoms with Crippen LogP contribution in [0.5, 0.6) is 0 Å². The topological polar surface area (TPSA) is 98.2 Å². The number of unbranched alkanes of at least 4 members (excludes halogenated alkanes) is 2. The molecule has 1 heterocycles. The first-order chi connectivity index (χ1) is 10.6. The lowest BCUT2D eigenvalue weighted by molar-refractivity contribution is -0.110. The maximum absolute atomic E-state index is 10.5. The molecular weight excluding hydrogens is 281 g/mol. The molecule has 0 aliphatic heterocycles. The molecule has 0 fully saturated rings. The van der Waals surface area contributed by atoms with Crippen molar-refractivity contribution in [1.29, 1.82) is 0 Å². The maximum Gasteiger partial charge on any atom is 0.464 e. The third kappa shape index (κ3) is 6.28. The zero-order chi connectivity index (χ0) is 16.8. The summed E-state index contributed by atoms with van der Waals surface area (Å²) in [5.41, 5.74) is 0. The van der Waals surface area contributed by atoms with Crippen molar-refractivity contribution in [2.45, 2.75) is 44.0 Å². The Kier molecular flexibility index (Phi) is 10.8. The smallest absolute Gasteiger partial charge is 0.426 e. The van der Waals surface area contributed by atoms with Crippen LogP contribution >= 0.6 is 0 Å². The third-order valence-electron chi connectivity index (χ3n) is 3.54. The van der Waals surface area contributed by atoms with E-state index >= 15 is 0 Å². The lowest BCUT2D eigenvalue weighted by Crippen LogP contribution is -2.47. The molecule has 2 atom stereocenters. The number of nitrogens with one attached hydrogen (secondary N) is 2. The van der Waals surface area contributed by atoms with Crippen molar-refractivity contribution < 1.29 is 14.8 Å². The Morgan fingerprint density at radius 2 is 2.18 bits per heavy atom. The number of amides is 1. The molecule has 0 spiro atoms. The highest BCUT2D eigenvalue weighted by Gasteiger charge is 2.44. The predicted molar refractivity (Wildman–Crippen MR) is 89.0 cm³/mol. The van der Waals surface area contributed by atoms with Gasteiger partial charge in [0.1, 0.15) is 0 Å². The Bertz CT molecular complexity index is 395. The molecule has 7 heteroatoms. The van der Waals surface area contributed by atoms with Crippen molar-refractivity contribution >= 4 is 13.5 Å². The quantitative estimate of drug-likeness (QED) is 0.229. The van der Waals surface area contributed by atoms with Gasteiger partial charge in [-0.25, -0.2) is 4.98 Å². The number of carbonyl (C=O) groups is 1. The first kappa shape index (κ1) is 20.1. The van der Waals surface area contributed by atoms with Gasteiger partial charge in [0, 0.05) is 17.7 Å². The Morgan fingerprint density at radius 1 is 1.45 bits per heavy atom. The number of imidazole rings is 1. The van der Waals surface area contributed by atoms with E-state index in [0.29, 0.717) is 12.8 Å². The monoisotopic (exact) mass is 307 g/mol. The van der Waals surface area contributed by atoms with Gasteiger partial charge in [-0.05, 0) is 6.42 Å². The Hall–Kier alpha value is -1.86. The van der Waals surface area contributed by atoms with Gasteiger partial charge in [0.05, 0.1) is 12.4 Å². The summed E-state index contributed by atoms with van der Waals surface area (Å²) in [7, 11) is -1.58. The molecular formula is C15H26BN3O3. The SMILES string of the molecule is C=CC(NC=O)C(C=C)(CCCCC)B(O)O.c1c[nH]cn1. The second-order valence-corrected chi connectivity index (χ2v) is 4.91. The zero-order valence-electron chi connectivity index (χ0n) is 13.1. The zero-order valence-corrected chi connectivity index (χ0v) is 13.1. The normalized spacial score (nSPS) is 13.8. The van der Waals surface area contributed by atoms with Crippen LogP contribution in [0.3, 0.4) is 0 Å². The Morgan fingerprint density at radius 3 is 2.50 bits per heavy atom. The highest BCUT2D eigenvalue weighted by Crippen LogP contribution is 2.40. The average molecular weight is 307 g/mol. The summed E-state index contributed by atoms with van der Waals surface area (Å²) in [5, 5.41) is 20.7. The number of aromatic nitrogens is 2. The molecule has 0 bridgehead atoms. The van der Waals surface area contributed by atoms with Crippen LogP contribution in [0.1, 0.15) is 32.6 Å². The van der Waals surface area contributed by atoms with E-state index in [9.17, 15) is 14.8 Å². The number of H-pyrrole nitrogens is 1. The van der Waals surface area contributed by atoms with Gasteiger partial charge in [-0.2, -0.15) is 0 Å². The fraction of sp³-hybridized carbons (Fsp3) is 0.467. The number of rotatable bonds is 10. The molecule has 0 aliphatic rings. The molecule has 2 unspecified atom stereocenters. The van der Waals surface area contributed by atoms with Gasteiger partial charge in [-0.3, -0.25) is 4.79 Å². The minimum Gasteiger partial charge on any atom is -0.426 e. The van der Waals surface area contributed by atoms with Crippen LogP contribution in [0.2, 0.25) is 5.31 Å². The van der Waals surface area contributed by atoms with Crippen LogP contribution < -0.4 is 5.32 Å². The summed E-state index contributed by atoms with van der Waals surface area (Å²) >= 11 is 0. The average Bonchev–Trinajstić information content (AvgIpc) is 3.09. The molecule has 1 aromatic heterocycles. The van der Waals surface area contributed by atoms with Crippen LogP contribution in [0.4, 0.5) is 0 Å². The molecule has 6 nitrogen and oxygen atoms in total. The first-order valence-corrected chi connectivity index (χ1v) is 7.33. The van der Waals surface area contributed by atoms with Crippen LogP contribution in [0.15, 0.2) is 44.0 Å². The van der Waals surface area contributed by atoms with Gasteiger partial charge >= 0.3 is 7.12 Å². The van der Waals surface area contributed by atoms with Crippen LogP contribution in [-0.2, 0) is 4.79 Å². The van der Waals surface area contributed by atoms with Gasteiger partial charge < -0.3 is 20.3 Å². The largest absolute Gasteiger partial charge is 0.464 e. The van der Waals surface area contributed by atoms with Gasteiger partial charge in [0.25, 0.3) is 0 Å². The van der Waals surface area contributed by atoms with Crippen molar-refractivity contribution in [3.05, 3.63) is 44.0 Å². The van der Waals surface area contributed by atoms with Crippen molar-refractivity contribution in [3.8, 4) is 0 Å². The third-order valence-corrected chi connectivity index (χ3v) is 3.54. The molecule has 0 aliphatic carbocycles. The van der Waals surface area contributed by atoms with E-state index in [-0.39, 0.29) is 0 Å².